The Labute approximate surface area is 158 Å². The Morgan fingerprint density at radius 2 is 2.00 bits per heavy atom. The number of anilines is 1. The molecule has 0 unspecified atom stereocenters. The number of amides is 2. The molecular weight excluding hydrogens is 352 g/mol. The zero-order valence-corrected chi connectivity index (χ0v) is 16.3. The molecule has 0 atom stereocenters. The van der Waals surface area contributed by atoms with Gasteiger partial charge in [-0.15, -0.1) is 0 Å². The van der Waals surface area contributed by atoms with Crippen LogP contribution < -0.4 is 5.32 Å². The number of nitrogens with one attached hydrogen (secondary N) is 1. The van der Waals surface area contributed by atoms with E-state index in [1.165, 1.54) is 22.7 Å². The molecule has 1 fully saturated rings. The van der Waals surface area contributed by atoms with Crippen molar-refractivity contribution in [1.82, 2.24) is 4.90 Å². The summed E-state index contributed by atoms with van der Waals surface area (Å²) in [4.78, 5) is 37.5. The standard InChI is InChI=1S/C19H24N2O4S/c1-5-25-18(24)10-17-21(16(23)12-26-17)11-15(22)20-14-9-7-6-8-13(14)19(2,3)4/h6-10H,5,11-12H2,1-4H3,(H,20,22)/b17-10-. The van der Waals surface area contributed by atoms with E-state index in [9.17, 15) is 14.4 Å². The number of carbonyl (C=O) groups excluding carboxylic acids is 3. The number of hydrogen-bond acceptors (Lipinski definition) is 5. The van der Waals surface area contributed by atoms with E-state index in [-0.39, 0.29) is 36.1 Å². The highest BCUT2D eigenvalue weighted by atomic mass is 32.2. The topological polar surface area (TPSA) is 75.7 Å². The number of thioether (sulfide) groups is 1. The van der Waals surface area contributed by atoms with Gasteiger partial charge >= 0.3 is 5.97 Å². The molecule has 0 spiro atoms. The van der Waals surface area contributed by atoms with E-state index in [1.54, 1.807) is 6.92 Å². The molecule has 1 aliphatic rings. The van der Waals surface area contributed by atoms with E-state index in [2.05, 4.69) is 26.1 Å². The highest BCUT2D eigenvalue weighted by Gasteiger charge is 2.29. The summed E-state index contributed by atoms with van der Waals surface area (Å²) in [6, 6.07) is 7.60. The van der Waals surface area contributed by atoms with E-state index in [1.807, 2.05) is 24.3 Å². The summed E-state index contributed by atoms with van der Waals surface area (Å²) < 4.78 is 4.87. The Hall–Kier alpha value is -2.28. The molecule has 0 aliphatic carbocycles. The quantitative estimate of drug-likeness (QED) is 0.632. The Morgan fingerprint density at radius 1 is 1.31 bits per heavy atom. The van der Waals surface area contributed by atoms with Gasteiger partial charge in [0.2, 0.25) is 11.8 Å². The molecular formula is C19H24N2O4S. The lowest BCUT2D eigenvalue weighted by Gasteiger charge is -2.23. The molecule has 26 heavy (non-hydrogen) atoms. The lowest BCUT2D eigenvalue weighted by molar-refractivity contribution is -0.137. The van der Waals surface area contributed by atoms with Gasteiger partial charge in [-0.25, -0.2) is 4.79 Å². The van der Waals surface area contributed by atoms with E-state index in [0.29, 0.717) is 5.03 Å². The third kappa shape index (κ3) is 5.11. The van der Waals surface area contributed by atoms with E-state index in [4.69, 9.17) is 4.74 Å². The predicted octanol–water partition coefficient (Wildman–Crippen LogP) is 2.90. The van der Waals surface area contributed by atoms with Gasteiger partial charge in [-0.2, -0.15) is 0 Å². The minimum Gasteiger partial charge on any atom is -0.463 e. The zero-order chi connectivity index (χ0) is 19.3. The number of para-hydroxylation sites is 1. The molecule has 0 bridgehead atoms. The Kier molecular flexibility index (Phi) is 6.47. The number of carbonyl (C=O) groups is 3. The van der Waals surface area contributed by atoms with Crippen molar-refractivity contribution in [3.8, 4) is 0 Å². The maximum Gasteiger partial charge on any atom is 0.333 e. The number of rotatable bonds is 5. The van der Waals surface area contributed by atoms with Gasteiger partial charge in [-0.1, -0.05) is 50.7 Å². The minimum atomic E-state index is -0.520. The van der Waals surface area contributed by atoms with Crippen LogP contribution in [0.5, 0.6) is 0 Å². The largest absolute Gasteiger partial charge is 0.463 e. The van der Waals surface area contributed by atoms with Gasteiger partial charge in [0.1, 0.15) is 6.54 Å². The van der Waals surface area contributed by atoms with Gasteiger partial charge in [0.15, 0.2) is 0 Å². The van der Waals surface area contributed by atoms with Crippen molar-refractivity contribution in [2.45, 2.75) is 33.1 Å². The fourth-order valence-corrected chi connectivity index (χ4v) is 3.49. The summed E-state index contributed by atoms with van der Waals surface area (Å²) in [6.45, 7) is 8.03. The molecule has 140 valence electrons. The normalized spacial score (nSPS) is 16.1. The molecule has 7 heteroatoms. The van der Waals surface area contributed by atoms with Gasteiger partial charge in [-0.05, 0) is 24.0 Å². The second-order valence-corrected chi connectivity index (χ2v) is 7.84. The monoisotopic (exact) mass is 376 g/mol. The van der Waals surface area contributed by atoms with Crippen LogP contribution in [0.15, 0.2) is 35.4 Å². The molecule has 1 aromatic rings. The van der Waals surface area contributed by atoms with Crippen molar-refractivity contribution < 1.29 is 19.1 Å². The van der Waals surface area contributed by atoms with E-state index >= 15 is 0 Å². The van der Waals surface area contributed by atoms with Crippen LogP contribution in [0.1, 0.15) is 33.3 Å². The highest BCUT2D eigenvalue weighted by molar-refractivity contribution is 8.04. The Balaban J connectivity index is 2.12. The number of esters is 1. The maximum atomic E-state index is 12.5. The van der Waals surface area contributed by atoms with Crippen molar-refractivity contribution >= 4 is 35.2 Å². The molecule has 2 rings (SSSR count). The molecule has 1 aliphatic heterocycles. The third-order valence-corrected chi connectivity index (χ3v) is 4.77. The molecule has 6 nitrogen and oxygen atoms in total. The smallest absolute Gasteiger partial charge is 0.333 e. The summed E-state index contributed by atoms with van der Waals surface area (Å²) in [5, 5.41) is 3.32. The van der Waals surface area contributed by atoms with Crippen molar-refractivity contribution in [2.75, 3.05) is 24.2 Å². The first-order valence-corrected chi connectivity index (χ1v) is 9.42. The third-order valence-electron chi connectivity index (χ3n) is 3.75. The lowest BCUT2D eigenvalue weighted by Crippen LogP contribution is -2.34. The fraction of sp³-hybridized carbons (Fsp3) is 0.421. The molecule has 1 N–H and O–H groups in total. The summed E-state index contributed by atoms with van der Waals surface area (Å²) in [5.41, 5.74) is 1.61. The summed E-state index contributed by atoms with van der Waals surface area (Å²) in [5.74, 6) is -0.831. The molecule has 0 radical (unpaired) electrons. The molecule has 1 saturated heterocycles. The first-order valence-electron chi connectivity index (χ1n) is 8.43. The molecule has 0 aromatic heterocycles. The predicted molar refractivity (Wildman–Crippen MR) is 103 cm³/mol. The SMILES string of the molecule is CCOC(=O)/C=C1\SCC(=O)N1CC(=O)Nc1ccccc1C(C)(C)C. The zero-order valence-electron chi connectivity index (χ0n) is 15.5. The lowest BCUT2D eigenvalue weighted by atomic mass is 9.86. The Morgan fingerprint density at radius 3 is 2.65 bits per heavy atom. The summed E-state index contributed by atoms with van der Waals surface area (Å²) >= 11 is 1.23. The summed E-state index contributed by atoms with van der Waals surface area (Å²) in [6.07, 6.45) is 1.26. The van der Waals surface area contributed by atoms with Gasteiger partial charge in [0, 0.05) is 5.69 Å². The van der Waals surface area contributed by atoms with Crippen LogP contribution in [0.4, 0.5) is 5.69 Å². The molecule has 1 heterocycles. The van der Waals surface area contributed by atoms with Crippen molar-refractivity contribution in [3.63, 3.8) is 0 Å². The van der Waals surface area contributed by atoms with Crippen molar-refractivity contribution in [3.05, 3.63) is 40.9 Å². The number of benzene rings is 1. The summed E-state index contributed by atoms with van der Waals surface area (Å²) in [7, 11) is 0. The van der Waals surface area contributed by atoms with Crippen LogP contribution >= 0.6 is 11.8 Å². The molecule has 1 aromatic carbocycles. The van der Waals surface area contributed by atoms with Crippen LogP contribution in [-0.4, -0.2) is 41.6 Å². The number of ether oxygens (including phenoxy) is 1. The van der Waals surface area contributed by atoms with E-state index in [0.717, 1.165) is 11.3 Å². The fourth-order valence-electron chi connectivity index (χ4n) is 2.56. The van der Waals surface area contributed by atoms with Gasteiger partial charge in [-0.3, -0.25) is 14.5 Å². The second kappa shape index (κ2) is 8.40. The van der Waals surface area contributed by atoms with Crippen LogP contribution in [-0.2, 0) is 24.5 Å². The van der Waals surface area contributed by atoms with Crippen LogP contribution in [0.25, 0.3) is 0 Å². The van der Waals surface area contributed by atoms with Crippen LogP contribution in [0.3, 0.4) is 0 Å². The van der Waals surface area contributed by atoms with E-state index < -0.39 is 5.97 Å². The number of nitrogens with zero attached hydrogens (tertiary/aromatic N) is 1. The average molecular weight is 376 g/mol. The Bertz CT molecular complexity index is 737. The van der Waals surface area contributed by atoms with Crippen LogP contribution in [0.2, 0.25) is 0 Å². The highest BCUT2D eigenvalue weighted by Crippen LogP contribution is 2.30. The average Bonchev–Trinajstić information content (AvgIpc) is 2.87. The first kappa shape index (κ1) is 20.0. The van der Waals surface area contributed by atoms with Gasteiger partial charge in [0.05, 0.1) is 23.5 Å². The number of hydrogen-bond donors (Lipinski definition) is 1. The van der Waals surface area contributed by atoms with Crippen molar-refractivity contribution in [1.29, 1.82) is 0 Å². The van der Waals surface area contributed by atoms with Crippen LogP contribution in [0, 0.1) is 0 Å². The van der Waals surface area contributed by atoms with Gasteiger partial charge in [0.25, 0.3) is 0 Å². The van der Waals surface area contributed by atoms with Gasteiger partial charge < -0.3 is 10.1 Å². The minimum absolute atomic E-state index is 0.127. The molecule has 0 saturated carbocycles. The first-order chi connectivity index (χ1) is 12.2. The van der Waals surface area contributed by atoms with Crippen molar-refractivity contribution in [2.24, 2.45) is 0 Å². The maximum absolute atomic E-state index is 12.5. The molecule has 2 amide bonds. The second-order valence-electron chi connectivity index (χ2n) is 6.85.